The molecule has 0 heterocycles. The van der Waals surface area contributed by atoms with Crippen molar-refractivity contribution in [2.45, 2.75) is 116 Å². The van der Waals surface area contributed by atoms with E-state index in [4.69, 9.17) is 14.9 Å². The molecule has 0 radical (unpaired) electrons. The van der Waals surface area contributed by atoms with Crippen molar-refractivity contribution in [3.63, 3.8) is 0 Å². The van der Waals surface area contributed by atoms with E-state index in [1.807, 2.05) is 0 Å². The van der Waals surface area contributed by atoms with Gasteiger partial charge in [0.05, 0.1) is 7.11 Å². The number of benzene rings is 1. The van der Waals surface area contributed by atoms with Gasteiger partial charge in [0, 0.05) is 12.8 Å². The summed E-state index contributed by atoms with van der Waals surface area (Å²) in [6.07, 6.45) is 18.4. The molecule has 0 saturated carbocycles. The minimum atomic E-state index is -0.688. The highest BCUT2D eigenvalue weighted by Gasteiger charge is 2.06. The van der Waals surface area contributed by atoms with Crippen LogP contribution in [0.5, 0.6) is 5.75 Å². The molecule has 5 nitrogen and oxygen atoms in total. The summed E-state index contributed by atoms with van der Waals surface area (Å²) in [6, 6.07) is 6.49. The van der Waals surface area contributed by atoms with Crippen LogP contribution in [0, 0.1) is 0 Å². The molecule has 0 saturated heterocycles. The first-order chi connectivity index (χ1) is 15.5. The zero-order valence-electron chi connectivity index (χ0n) is 20.1. The second-order valence-corrected chi connectivity index (χ2v) is 8.87. The molecule has 0 bridgehead atoms. The van der Waals surface area contributed by atoms with Gasteiger partial charge in [0.1, 0.15) is 5.75 Å². The highest BCUT2D eigenvalue weighted by molar-refractivity contribution is 5.66. The smallest absolute Gasteiger partial charge is 0.303 e. The maximum atomic E-state index is 10.5. The molecular formula is C27H44O5. The van der Waals surface area contributed by atoms with Gasteiger partial charge in [-0.25, -0.2) is 0 Å². The summed E-state index contributed by atoms with van der Waals surface area (Å²) in [5.41, 5.74) is 2.86. The molecule has 1 rings (SSSR count). The zero-order valence-corrected chi connectivity index (χ0v) is 20.1. The van der Waals surface area contributed by atoms with Crippen LogP contribution in [0.3, 0.4) is 0 Å². The Morgan fingerprint density at radius 1 is 0.625 bits per heavy atom. The third-order valence-electron chi connectivity index (χ3n) is 6.09. The Bertz CT molecular complexity index is 641. The van der Waals surface area contributed by atoms with Crippen LogP contribution in [0.1, 0.15) is 114 Å². The molecule has 0 aliphatic rings. The quantitative estimate of drug-likeness (QED) is 0.194. The molecule has 0 aliphatic heterocycles. The molecule has 0 aliphatic carbocycles. The normalized spacial score (nSPS) is 10.9. The number of hydrogen-bond donors (Lipinski definition) is 2. The van der Waals surface area contributed by atoms with Crippen LogP contribution in [0.2, 0.25) is 0 Å². The predicted octanol–water partition coefficient (Wildman–Crippen LogP) is 7.19. The van der Waals surface area contributed by atoms with Crippen LogP contribution in [-0.4, -0.2) is 29.3 Å². The van der Waals surface area contributed by atoms with Crippen LogP contribution in [0.25, 0.3) is 0 Å². The Balaban J connectivity index is 2.21. The SMILES string of the molecule is COc1ccc(CCCCCCCCCC(=O)O)c(CCCCCCCCCC(=O)O)c1. The molecule has 32 heavy (non-hydrogen) atoms. The van der Waals surface area contributed by atoms with E-state index in [0.717, 1.165) is 57.1 Å². The van der Waals surface area contributed by atoms with Crippen molar-refractivity contribution in [2.24, 2.45) is 0 Å². The number of rotatable bonds is 21. The number of carbonyl (C=O) groups is 2. The Labute approximate surface area is 194 Å². The van der Waals surface area contributed by atoms with Crippen LogP contribution >= 0.6 is 0 Å². The number of methoxy groups -OCH3 is 1. The Morgan fingerprint density at radius 2 is 1.03 bits per heavy atom. The molecular weight excluding hydrogens is 404 g/mol. The molecule has 1 aromatic rings. The first kappa shape index (κ1) is 28.0. The second-order valence-electron chi connectivity index (χ2n) is 8.87. The van der Waals surface area contributed by atoms with Crippen LogP contribution in [0.4, 0.5) is 0 Å². The molecule has 5 heteroatoms. The predicted molar refractivity (Wildman–Crippen MR) is 130 cm³/mol. The average Bonchev–Trinajstić information content (AvgIpc) is 2.76. The van der Waals surface area contributed by atoms with Crippen molar-refractivity contribution in [1.29, 1.82) is 0 Å². The summed E-state index contributed by atoms with van der Waals surface area (Å²) in [5, 5.41) is 17.3. The summed E-state index contributed by atoms with van der Waals surface area (Å²) >= 11 is 0. The lowest BCUT2D eigenvalue weighted by molar-refractivity contribution is -0.138. The fourth-order valence-corrected chi connectivity index (χ4v) is 4.16. The van der Waals surface area contributed by atoms with Gasteiger partial charge in [-0.05, 0) is 61.8 Å². The lowest BCUT2D eigenvalue weighted by atomic mass is 9.96. The van der Waals surface area contributed by atoms with Gasteiger partial charge in [-0.1, -0.05) is 70.3 Å². The third kappa shape index (κ3) is 14.9. The lowest BCUT2D eigenvalue weighted by Crippen LogP contribution is -1.97. The van der Waals surface area contributed by atoms with Crippen molar-refractivity contribution in [2.75, 3.05) is 7.11 Å². The standard InChI is InChI=1S/C27H44O5/c1-32-25-21-20-23(16-12-8-4-2-6-10-14-18-26(28)29)24(22-25)17-13-9-5-3-7-11-15-19-27(30)31/h20-22H,2-19H2,1H3,(H,28,29)(H,30,31). The summed E-state index contributed by atoms with van der Waals surface area (Å²) in [7, 11) is 1.72. The fourth-order valence-electron chi connectivity index (χ4n) is 4.16. The van der Waals surface area contributed by atoms with Gasteiger partial charge >= 0.3 is 11.9 Å². The number of unbranched alkanes of at least 4 members (excludes halogenated alkanes) is 12. The van der Waals surface area contributed by atoms with Crippen molar-refractivity contribution >= 4 is 11.9 Å². The monoisotopic (exact) mass is 448 g/mol. The van der Waals surface area contributed by atoms with E-state index in [-0.39, 0.29) is 0 Å². The van der Waals surface area contributed by atoms with Crippen molar-refractivity contribution in [1.82, 2.24) is 0 Å². The van der Waals surface area contributed by atoms with Gasteiger partial charge in [-0.15, -0.1) is 0 Å². The Kier molecular flexibility index (Phi) is 16.2. The van der Waals surface area contributed by atoms with E-state index in [2.05, 4.69) is 18.2 Å². The van der Waals surface area contributed by atoms with Gasteiger partial charge < -0.3 is 14.9 Å². The molecule has 0 atom stereocenters. The van der Waals surface area contributed by atoms with E-state index in [9.17, 15) is 9.59 Å². The molecule has 0 aromatic heterocycles. The van der Waals surface area contributed by atoms with Crippen LogP contribution in [0.15, 0.2) is 18.2 Å². The average molecular weight is 449 g/mol. The first-order valence-corrected chi connectivity index (χ1v) is 12.6. The highest BCUT2D eigenvalue weighted by Crippen LogP contribution is 2.22. The van der Waals surface area contributed by atoms with Crippen molar-refractivity contribution in [3.8, 4) is 5.75 Å². The molecule has 0 spiro atoms. The topological polar surface area (TPSA) is 83.8 Å². The second kappa shape index (κ2) is 18.5. The van der Waals surface area contributed by atoms with E-state index in [0.29, 0.717) is 12.8 Å². The number of carboxylic acids is 2. The third-order valence-corrected chi connectivity index (χ3v) is 6.09. The van der Waals surface area contributed by atoms with Gasteiger partial charge in [0.2, 0.25) is 0 Å². The maximum Gasteiger partial charge on any atom is 0.303 e. The van der Waals surface area contributed by atoms with Crippen LogP contribution in [-0.2, 0) is 22.4 Å². The van der Waals surface area contributed by atoms with Gasteiger partial charge in [0.15, 0.2) is 0 Å². The number of carboxylic acid groups (broad SMARTS) is 2. The van der Waals surface area contributed by atoms with Gasteiger partial charge in [-0.2, -0.15) is 0 Å². The minimum absolute atomic E-state index is 0.297. The highest BCUT2D eigenvalue weighted by atomic mass is 16.5. The molecule has 1 aromatic carbocycles. The van der Waals surface area contributed by atoms with E-state index in [1.165, 1.54) is 62.5 Å². The summed E-state index contributed by atoms with van der Waals surface area (Å²) < 4.78 is 5.44. The maximum absolute atomic E-state index is 10.5. The summed E-state index contributed by atoms with van der Waals surface area (Å²) in [5.74, 6) is -0.441. The Hall–Kier alpha value is -2.04. The molecule has 0 amide bonds. The number of ether oxygens (including phenoxy) is 1. The minimum Gasteiger partial charge on any atom is -0.497 e. The summed E-state index contributed by atoms with van der Waals surface area (Å²) in [4.78, 5) is 21.0. The number of aliphatic carboxylic acids is 2. The molecule has 0 unspecified atom stereocenters. The first-order valence-electron chi connectivity index (χ1n) is 12.6. The molecule has 2 N–H and O–H groups in total. The van der Waals surface area contributed by atoms with Crippen molar-refractivity contribution < 1.29 is 24.5 Å². The van der Waals surface area contributed by atoms with Crippen LogP contribution < -0.4 is 4.74 Å². The lowest BCUT2D eigenvalue weighted by Gasteiger charge is -2.12. The van der Waals surface area contributed by atoms with E-state index >= 15 is 0 Å². The van der Waals surface area contributed by atoms with E-state index < -0.39 is 11.9 Å². The number of aryl methyl sites for hydroxylation is 2. The Morgan fingerprint density at radius 3 is 1.47 bits per heavy atom. The summed E-state index contributed by atoms with van der Waals surface area (Å²) in [6.45, 7) is 0. The van der Waals surface area contributed by atoms with Crippen molar-refractivity contribution in [3.05, 3.63) is 29.3 Å². The number of hydrogen-bond acceptors (Lipinski definition) is 3. The van der Waals surface area contributed by atoms with Gasteiger partial charge in [-0.3, -0.25) is 9.59 Å². The molecule has 182 valence electrons. The largest absolute Gasteiger partial charge is 0.497 e. The molecule has 0 fully saturated rings. The fraction of sp³-hybridized carbons (Fsp3) is 0.704. The van der Waals surface area contributed by atoms with Gasteiger partial charge in [0.25, 0.3) is 0 Å². The zero-order chi connectivity index (χ0) is 23.4. The van der Waals surface area contributed by atoms with E-state index in [1.54, 1.807) is 7.11 Å².